The van der Waals surface area contributed by atoms with E-state index in [-0.39, 0.29) is 11.8 Å². The molecule has 1 saturated carbocycles. The van der Waals surface area contributed by atoms with E-state index in [1.165, 1.54) is 32.1 Å². The van der Waals surface area contributed by atoms with Crippen molar-refractivity contribution in [2.45, 2.75) is 71.3 Å². The molecule has 0 aromatic heterocycles. The maximum Gasteiger partial charge on any atom is 0.356 e. The maximum atomic E-state index is 11.6. The fourth-order valence-electron chi connectivity index (χ4n) is 2.51. The van der Waals surface area contributed by atoms with Gasteiger partial charge in [0.25, 0.3) is 0 Å². The summed E-state index contributed by atoms with van der Waals surface area (Å²) in [5, 5.41) is 11.9. The molecule has 0 bridgehead atoms. The van der Waals surface area contributed by atoms with Gasteiger partial charge in [-0.25, -0.2) is 4.79 Å². The highest BCUT2D eigenvalue weighted by molar-refractivity contribution is 6.36. The fourth-order valence-corrected chi connectivity index (χ4v) is 2.51. The number of hydrogen-bond donors (Lipinski definition) is 1. The second-order valence-electron chi connectivity index (χ2n) is 5.40. The second kappa shape index (κ2) is 8.11. The molecule has 0 saturated heterocycles. The number of carbonyl (C=O) groups is 1. The van der Waals surface area contributed by atoms with E-state index < -0.39 is 5.97 Å². The SMILES string of the molecule is CC(C)OC(=O)/C(CCCC1CCCCC1)=N/O. The van der Waals surface area contributed by atoms with Gasteiger partial charge in [-0.3, -0.25) is 0 Å². The summed E-state index contributed by atoms with van der Waals surface area (Å²) in [6.07, 6.45) is 9.00. The third kappa shape index (κ3) is 5.52. The molecule has 4 heteroatoms. The van der Waals surface area contributed by atoms with E-state index in [0.29, 0.717) is 6.42 Å². The fraction of sp³-hybridized carbons (Fsp3) is 0.857. The zero-order valence-electron chi connectivity index (χ0n) is 11.5. The molecule has 1 rings (SSSR count). The van der Waals surface area contributed by atoms with E-state index in [1.807, 2.05) is 0 Å². The van der Waals surface area contributed by atoms with Gasteiger partial charge >= 0.3 is 5.97 Å². The predicted octanol–water partition coefficient (Wildman–Crippen LogP) is 3.52. The second-order valence-corrected chi connectivity index (χ2v) is 5.40. The minimum Gasteiger partial charge on any atom is -0.458 e. The van der Waals surface area contributed by atoms with Crippen molar-refractivity contribution in [1.29, 1.82) is 0 Å². The van der Waals surface area contributed by atoms with Crippen LogP contribution in [0.3, 0.4) is 0 Å². The van der Waals surface area contributed by atoms with Crippen molar-refractivity contribution in [2.75, 3.05) is 0 Å². The molecule has 104 valence electrons. The summed E-state index contributed by atoms with van der Waals surface area (Å²) in [6, 6.07) is 0. The molecular formula is C14H25NO3. The molecule has 0 heterocycles. The number of carbonyl (C=O) groups excluding carboxylic acids is 1. The van der Waals surface area contributed by atoms with Crippen LogP contribution < -0.4 is 0 Å². The molecular weight excluding hydrogens is 230 g/mol. The summed E-state index contributed by atoms with van der Waals surface area (Å²) < 4.78 is 5.02. The summed E-state index contributed by atoms with van der Waals surface area (Å²) in [5.41, 5.74) is 0.152. The number of oxime groups is 1. The van der Waals surface area contributed by atoms with E-state index >= 15 is 0 Å². The molecule has 1 aliphatic rings. The van der Waals surface area contributed by atoms with Gasteiger partial charge in [0, 0.05) is 6.42 Å². The molecule has 0 unspecified atom stereocenters. The minimum atomic E-state index is -0.490. The van der Waals surface area contributed by atoms with Crippen LogP contribution in [0.2, 0.25) is 0 Å². The first-order chi connectivity index (χ1) is 8.63. The Morgan fingerprint density at radius 3 is 2.56 bits per heavy atom. The zero-order chi connectivity index (χ0) is 13.4. The Morgan fingerprint density at radius 2 is 2.00 bits per heavy atom. The molecule has 4 nitrogen and oxygen atoms in total. The van der Waals surface area contributed by atoms with Gasteiger partial charge in [0.1, 0.15) is 0 Å². The number of rotatable bonds is 6. The van der Waals surface area contributed by atoms with Crippen molar-refractivity contribution < 1.29 is 14.7 Å². The van der Waals surface area contributed by atoms with Crippen LogP contribution in [0, 0.1) is 5.92 Å². The van der Waals surface area contributed by atoms with Crippen LogP contribution in [0.5, 0.6) is 0 Å². The predicted molar refractivity (Wildman–Crippen MR) is 70.9 cm³/mol. The summed E-state index contributed by atoms with van der Waals surface area (Å²) in [5.74, 6) is 0.302. The van der Waals surface area contributed by atoms with Crippen LogP contribution in [-0.4, -0.2) is 23.0 Å². The molecule has 1 fully saturated rings. The van der Waals surface area contributed by atoms with Crippen molar-refractivity contribution in [3.8, 4) is 0 Å². The quantitative estimate of drug-likeness (QED) is 0.342. The van der Waals surface area contributed by atoms with Crippen LogP contribution in [0.1, 0.15) is 65.2 Å². The van der Waals surface area contributed by atoms with Gasteiger partial charge in [0.2, 0.25) is 0 Å². The molecule has 0 aliphatic heterocycles. The van der Waals surface area contributed by atoms with Crippen molar-refractivity contribution in [2.24, 2.45) is 11.1 Å². The average Bonchev–Trinajstić information content (AvgIpc) is 2.35. The van der Waals surface area contributed by atoms with Gasteiger partial charge in [-0.2, -0.15) is 0 Å². The molecule has 0 aromatic rings. The molecule has 1 aliphatic carbocycles. The monoisotopic (exact) mass is 255 g/mol. The molecule has 0 radical (unpaired) electrons. The van der Waals surface area contributed by atoms with Crippen LogP contribution >= 0.6 is 0 Å². The largest absolute Gasteiger partial charge is 0.458 e. The van der Waals surface area contributed by atoms with Crippen LogP contribution in [0.25, 0.3) is 0 Å². The summed E-state index contributed by atoms with van der Waals surface area (Å²) >= 11 is 0. The van der Waals surface area contributed by atoms with Gasteiger partial charge < -0.3 is 9.94 Å². The van der Waals surface area contributed by atoms with E-state index in [9.17, 15) is 4.79 Å². The summed E-state index contributed by atoms with van der Waals surface area (Å²) in [4.78, 5) is 11.6. The smallest absolute Gasteiger partial charge is 0.356 e. The minimum absolute atomic E-state index is 0.152. The van der Waals surface area contributed by atoms with Gasteiger partial charge in [0.05, 0.1) is 6.10 Å². The summed E-state index contributed by atoms with van der Waals surface area (Å²) in [7, 11) is 0. The Hall–Kier alpha value is -1.06. The lowest BCUT2D eigenvalue weighted by Gasteiger charge is -2.21. The van der Waals surface area contributed by atoms with Gasteiger partial charge in [-0.1, -0.05) is 43.7 Å². The van der Waals surface area contributed by atoms with E-state index in [2.05, 4.69) is 5.16 Å². The highest BCUT2D eigenvalue weighted by Crippen LogP contribution is 2.27. The van der Waals surface area contributed by atoms with Crippen molar-refractivity contribution in [3.05, 3.63) is 0 Å². The molecule has 0 aromatic carbocycles. The van der Waals surface area contributed by atoms with Crippen LogP contribution in [0.4, 0.5) is 0 Å². The Bertz CT molecular complexity index is 281. The number of nitrogens with zero attached hydrogens (tertiary/aromatic N) is 1. The average molecular weight is 255 g/mol. The standard InChI is InChI=1S/C14H25NO3/c1-11(2)18-14(16)13(15-17)10-6-9-12-7-4-3-5-8-12/h11-12,17H,3-10H2,1-2H3/b15-13+. The lowest BCUT2D eigenvalue weighted by atomic mass is 9.85. The Labute approximate surface area is 109 Å². The summed E-state index contributed by atoms with van der Waals surface area (Å²) in [6.45, 7) is 3.57. The molecule has 1 N–H and O–H groups in total. The Balaban J connectivity index is 2.24. The molecule has 0 spiro atoms. The van der Waals surface area contributed by atoms with Gasteiger partial charge in [-0.15, -0.1) is 0 Å². The van der Waals surface area contributed by atoms with Gasteiger partial charge in [-0.05, 0) is 26.2 Å². The number of esters is 1. The third-order valence-electron chi connectivity index (χ3n) is 3.45. The van der Waals surface area contributed by atoms with Gasteiger partial charge in [0.15, 0.2) is 5.71 Å². The highest BCUT2D eigenvalue weighted by atomic mass is 16.5. The first-order valence-electron chi connectivity index (χ1n) is 7.05. The van der Waals surface area contributed by atoms with E-state index in [0.717, 1.165) is 18.8 Å². The number of ether oxygens (including phenoxy) is 1. The lowest BCUT2D eigenvalue weighted by molar-refractivity contribution is -0.139. The van der Waals surface area contributed by atoms with E-state index in [1.54, 1.807) is 13.8 Å². The third-order valence-corrected chi connectivity index (χ3v) is 3.45. The number of hydrogen-bond acceptors (Lipinski definition) is 4. The van der Waals surface area contributed by atoms with Crippen LogP contribution in [0.15, 0.2) is 5.16 Å². The van der Waals surface area contributed by atoms with E-state index in [4.69, 9.17) is 9.94 Å². The lowest BCUT2D eigenvalue weighted by Crippen LogP contribution is -2.21. The Kier molecular flexibility index (Phi) is 6.76. The van der Waals surface area contributed by atoms with Crippen molar-refractivity contribution in [3.63, 3.8) is 0 Å². The normalized spacial score (nSPS) is 18.1. The first kappa shape index (κ1) is 15.0. The highest BCUT2D eigenvalue weighted by Gasteiger charge is 2.17. The maximum absolute atomic E-state index is 11.6. The molecule has 0 atom stereocenters. The topological polar surface area (TPSA) is 58.9 Å². The Morgan fingerprint density at radius 1 is 1.33 bits per heavy atom. The molecule has 0 amide bonds. The zero-order valence-corrected chi connectivity index (χ0v) is 11.5. The first-order valence-corrected chi connectivity index (χ1v) is 7.05. The van der Waals surface area contributed by atoms with Crippen molar-refractivity contribution >= 4 is 11.7 Å². The van der Waals surface area contributed by atoms with Crippen molar-refractivity contribution in [1.82, 2.24) is 0 Å². The molecule has 18 heavy (non-hydrogen) atoms. The van der Waals surface area contributed by atoms with Crippen LogP contribution in [-0.2, 0) is 9.53 Å².